The van der Waals surface area contributed by atoms with E-state index in [2.05, 4.69) is 15.6 Å². The highest BCUT2D eigenvalue weighted by molar-refractivity contribution is 14.0. The van der Waals surface area contributed by atoms with E-state index in [-0.39, 0.29) is 29.8 Å². The van der Waals surface area contributed by atoms with Crippen LogP contribution >= 0.6 is 24.0 Å². The Bertz CT molecular complexity index is 760. The number of rotatable bonds is 9. The average Bonchev–Trinajstić information content (AvgIpc) is 2.72. The van der Waals surface area contributed by atoms with Crippen LogP contribution in [0.25, 0.3) is 0 Å². The summed E-state index contributed by atoms with van der Waals surface area (Å²) in [7, 11) is 4.92. The van der Waals surface area contributed by atoms with Crippen LogP contribution < -0.4 is 24.8 Å². The van der Waals surface area contributed by atoms with Crippen LogP contribution in [-0.4, -0.2) is 40.4 Å². The van der Waals surface area contributed by atoms with Crippen LogP contribution in [0, 0.1) is 5.82 Å². The zero-order valence-electron chi connectivity index (χ0n) is 17.3. The predicted molar refractivity (Wildman–Crippen MR) is 124 cm³/mol. The van der Waals surface area contributed by atoms with E-state index < -0.39 is 0 Å². The largest absolute Gasteiger partial charge is 0.493 e. The van der Waals surface area contributed by atoms with Crippen LogP contribution in [0.15, 0.2) is 41.4 Å². The van der Waals surface area contributed by atoms with Crippen molar-refractivity contribution in [2.75, 3.05) is 34.4 Å². The normalized spacial score (nSPS) is 10.7. The quantitative estimate of drug-likeness (QED) is 0.301. The maximum Gasteiger partial charge on any atom is 0.203 e. The summed E-state index contributed by atoms with van der Waals surface area (Å²) in [6, 6.07) is 10.3. The standard InChI is InChI=1S/C21H28FN3O3.HI/c1-5-28-20-18(26-3)12-16(13-19(20)27-4)14-25-21(23-2)24-11-10-15-6-8-17(22)9-7-15;/h6-9,12-13H,5,10-11,14H2,1-4H3,(H2,23,24,25);1H. The van der Waals surface area contributed by atoms with Crippen molar-refractivity contribution >= 4 is 29.9 Å². The van der Waals surface area contributed by atoms with Crippen LogP contribution in [0.5, 0.6) is 17.2 Å². The summed E-state index contributed by atoms with van der Waals surface area (Å²) in [6.07, 6.45) is 0.770. The fourth-order valence-corrected chi connectivity index (χ4v) is 2.71. The summed E-state index contributed by atoms with van der Waals surface area (Å²) in [5, 5.41) is 6.51. The lowest BCUT2D eigenvalue weighted by Crippen LogP contribution is -2.37. The second-order valence-corrected chi connectivity index (χ2v) is 5.99. The molecule has 8 heteroatoms. The van der Waals surface area contributed by atoms with Crippen LogP contribution in [0.1, 0.15) is 18.1 Å². The van der Waals surface area contributed by atoms with Crippen LogP contribution in [0.2, 0.25) is 0 Å². The van der Waals surface area contributed by atoms with Crippen molar-refractivity contribution in [3.05, 3.63) is 53.3 Å². The van der Waals surface area contributed by atoms with E-state index in [0.717, 1.165) is 17.5 Å². The van der Waals surface area contributed by atoms with E-state index >= 15 is 0 Å². The Balaban J connectivity index is 0.00000420. The number of benzene rings is 2. The van der Waals surface area contributed by atoms with Gasteiger partial charge in [-0.2, -0.15) is 0 Å². The Labute approximate surface area is 188 Å². The maximum atomic E-state index is 13.0. The fraction of sp³-hybridized carbons (Fsp3) is 0.381. The Morgan fingerprint density at radius 2 is 1.62 bits per heavy atom. The van der Waals surface area contributed by atoms with E-state index in [9.17, 15) is 4.39 Å². The van der Waals surface area contributed by atoms with Gasteiger partial charge in [-0.25, -0.2) is 4.39 Å². The summed E-state index contributed by atoms with van der Waals surface area (Å²) >= 11 is 0. The molecule has 6 nitrogen and oxygen atoms in total. The zero-order valence-corrected chi connectivity index (χ0v) is 19.6. The van der Waals surface area contributed by atoms with Gasteiger partial charge in [-0.15, -0.1) is 24.0 Å². The van der Waals surface area contributed by atoms with Gasteiger partial charge in [0.15, 0.2) is 17.5 Å². The molecular weight excluding hydrogens is 488 g/mol. The number of hydrogen-bond acceptors (Lipinski definition) is 4. The van der Waals surface area contributed by atoms with Gasteiger partial charge in [0.1, 0.15) is 5.82 Å². The zero-order chi connectivity index (χ0) is 20.4. The molecule has 29 heavy (non-hydrogen) atoms. The first-order valence-electron chi connectivity index (χ1n) is 9.17. The monoisotopic (exact) mass is 517 g/mol. The minimum atomic E-state index is -0.226. The predicted octanol–water partition coefficient (Wildman–Crippen LogP) is 3.77. The first kappa shape index (κ1) is 24.8. The number of halogens is 2. The van der Waals surface area contributed by atoms with Gasteiger partial charge >= 0.3 is 0 Å². The van der Waals surface area contributed by atoms with Crippen molar-refractivity contribution in [3.8, 4) is 17.2 Å². The van der Waals surface area contributed by atoms with Crippen molar-refractivity contribution in [1.82, 2.24) is 10.6 Å². The highest BCUT2D eigenvalue weighted by atomic mass is 127. The molecule has 0 amide bonds. The van der Waals surface area contributed by atoms with Crippen molar-refractivity contribution in [1.29, 1.82) is 0 Å². The molecule has 0 atom stereocenters. The molecule has 0 heterocycles. The van der Waals surface area contributed by atoms with Gasteiger partial charge in [0, 0.05) is 20.1 Å². The molecule has 0 aromatic heterocycles. The lowest BCUT2D eigenvalue weighted by molar-refractivity contribution is 0.288. The summed E-state index contributed by atoms with van der Waals surface area (Å²) in [5.74, 6) is 2.29. The molecule has 0 spiro atoms. The number of nitrogens with zero attached hydrogens (tertiary/aromatic N) is 1. The highest BCUT2D eigenvalue weighted by Gasteiger charge is 2.14. The first-order valence-corrected chi connectivity index (χ1v) is 9.17. The Kier molecular flexibility index (Phi) is 11.2. The molecule has 160 valence electrons. The minimum absolute atomic E-state index is 0. The summed E-state index contributed by atoms with van der Waals surface area (Å²) < 4.78 is 29.4. The topological polar surface area (TPSA) is 64.1 Å². The molecule has 0 saturated heterocycles. The fourth-order valence-electron chi connectivity index (χ4n) is 2.71. The number of aliphatic imine (C=N–C) groups is 1. The van der Waals surface area contributed by atoms with E-state index in [1.165, 1.54) is 12.1 Å². The smallest absolute Gasteiger partial charge is 0.203 e. The van der Waals surface area contributed by atoms with Crippen LogP contribution in [0.3, 0.4) is 0 Å². The summed E-state index contributed by atoms with van der Waals surface area (Å²) in [5.41, 5.74) is 2.03. The first-order chi connectivity index (χ1) is 13.6. The third-order valence-electron chi connectivity index (χ3n) is 4.11. The van der Waals surface area contributed by atoms with Crippen molar-refractivity contribution < 1.29 is 18.6 Å². The maximum absolute atomic E-state index is 13.0. The number of nitrogens with one attached hydrogen (secondary N) is 2. The second kappa shape index (κ2) is 13.1. The van der Waals surface area contributed by atoms with Gasteiger partial charge in [0.25, 0.3) is 0 Å². The molecule has 2 aromatic rings. The summed E-state index contributed by atoms with van der Waals surface area (Å²) in [4.78, 5) is 4.23. The number of ether oxygens (including phenoxy) is 3. The summed E-state index contributed by atoms with van der Waals surface area (Å²) in [6.45, 7) is 3.65. The number of guanidine groups is 1. The van der Waals surface area contributed by atoms with Crippen LogP contribution in [-0.2, 0) is 13.0 Å². The number of methoxy groups -OCH3 is 2. The van der Waals surface area contributed by atoms with E-state index in [1.54, 1.807) is 33.4 Å². The molecule has 0 aliphatic rings. The third kappa shape index (κ3) is 7.60. The van der Waals surface area contributed by atoms with Gasteiger partial charge in [-0.3, -0.25) is 4.99 Å². The molecule has 0 radical (unpaired) electrons. The van der Waals surface area contributed by atoms with E-state index in [4.69, 9.17) is 14.2 Å². The van der Waals surface area contributed by atoms with Crippen LogP contribution in [0.4, 0.5) is 4.39 Å². The van der Waals surface area contributed by atoms with Crippen molar-refractivity contribution in [2.45, 2.75) is 19.9 Å². The molecule has 0 aliphatic carbocycles. The van der Waals surface area contributed by atoms with Crippen molar-refractivity contribution in [3.63, 3.8) is 0 Å². The SMILES string of the molecule is CCOc1c(OC)cc(CNC(=NC)NCCc2ccc(F)cc2)cc1OC.I. The number of hydrogen-bond donors (Lipinski definition) is 2. The average molecular weight is 517 g/mol. The Morgan fingerprint density at radius 3 is 2.14 bits per heavy atom. The third-order valence-corrected chi connectivity index (χ3v) is 4.11. The van der Waals surface area contributed by atoms with Gasteiger partial charge < -0.3 is 24.8 Å². The highest BCUT2D eigenvalue weighted by Crippen LogP contribution is 2.38. The molecular formula is C21H29FIN3O3. The van der Waals surface area contributed by atoms with Gasteiger partial charge in [0.2, 0.25) is 5.75 Å². The van der Waals surface area contributed by atoms with Gasteiger partial charge in [-0.05, 0) is 48.7 Å². The lowest BCUT2D eigenvalue weighted by Gasteiger charge is -2.16. The molecule has 0 bridgehead atoms. The molecule has 2 aromatic carbocycles. The molecule has 0 unspecified atom stereocenters. The molecule has 0 aliphatic heterocycles. The van der Waals surface area contributed by atoms with Gasteiger partial charge in [0.05, 0.1) is 20.8 Å². The molecule has 2 rings (SSSR count). The van der Waals surface area contributed by atoms with Gasteiger partial charge in [-0.1, -0.05) is 12.1 Å². The second-order valence-electron chi connectivity index (χ2n) is 5.99. The Morgan fingerprint density at radius 1 is 1.00 bits per heavy atom. The molecule has 2 N–H and O–H groups in total. The van der Waals surface area contributed by atoms with E-state index in [0.29, 0.717) is 42.9 Å². The van der Waals surface area contributed by atoms with Crippen molar-refractivity contribution in [2.24, 2.45) is 4.99 Å². The van der Waals surface area contributed by atoms with E-state index in [1.807, 2.05) is 19.1 Å². The molecule has 0 fully saturated rings. The molecule has 0 saturated carbocycles. The Hall–Kier alpha value is -2.23. The lowest BCUT2D eigenvalue weighted by atomic mass is 10.1. The minimum Gasteiger partial charge on any atom is -0.493 e.